The van der Waals surface area contributed by atoms with E-state index in [9.17, 15) is 9.18 Å². The Labute approximate surface area is 206 Å². The van der Waals surface area contributed by atoms with E-state index < -0.39 is 0 Å². The second kappa shape index (κ2) is 12.5. The van der Waals surface area contributed by atoms with E-state index in [0.717, 1.165) is 37.9 Å². The van der Waals surface area contributed by atoms with Crippen molar-refractivity contribution >= 4 is 41.5 Å². The van der Waals surface area contributed by atoms with E-state index in [0.29, 0.717) is 24.2 Å². The maximum absolute atomic E-state index is 13.6. The number of aryl methyl sites for hydroxylation is 1. The summed E-state index contributed by atoms with van der Waals surface area (Å²) >= 11 is 0. The molecule has 1 heterocycles. The first-order valence-corrected chi connectivity index (χ1v) is 10.4. The summed E-state index contributed by atoms with van der Waals surface area (Å²) < 4.78 is 18.9. The summed E-state index contributed by atoms with van der Waals surface area (Å²) in [6.45, 7) is 6.10. The van der Waals surface area contributed by atoms with E-state index in [-0.39, 0.29) is 35.7 Å². The molecule has 2 aromatic rings. The number of rotatable bonds is 6. The second-order valence-corrected chi connectivity index (χ2v) is 7.37. The van der Waals surface area contributed by atoms with Gasteiger partial charge in [-0.3, -0.25) is 9.79 Å². The number of benzene rings is 2. The predicted octanol–water partition coefficient (Wildman–Crippen LogP) is 2.89. The molecule has 0 bridgehead atoms. The summed E-state index contributed by atoms with van der Waals surface area (Å²) in [5, 5.41) is 6.09. The number of nitrogens with one attached hydrogen (secondary N) is 2. The topological polar surface area (TPSA) is 69.2 Å². The Bertz CT molecular complexity index is 915. The molecule has 1 saturated heterocycles. The minimum Gasteiger partial charge on any atom is -0.497 e. The molecule has 0 radical (unpaired) electrons. The average Bonchev–Trinajstić information content (AvgIpc) is 2.81. The van der Waals surface area contributed by atoms with Crippen LogP contribution in [0.4, 0.5) is 10.1 Å². The van der Waals surface area contributed by atoms with E-state index in [1.807, 2.05) is 12.1 Å². The number of hydrogen-bond donors (Lipinski definition) is 2. The summed E-state index contributed by atoms with van der Waals surface area (Å²) in [5.41, 5.74) is 2.02. The second-order valence-electron chi connectivity index (χ2n) is 7.37. The summed E-state index contributed by atoms with van der Waals surface area (Å²) in [6, 6.07) is 12.6. The highest BCUT2D eigenvalue weighted by Gasteiger charge is 2.19. The first kappa shape index (κ1) is 25.7. The third kappa shape index (κ3) is 6.72. The number of aliphatic imine (C=N–C) groups is 1. The molecule has 0 atom stereocenters. The monoisotopic (exact) mass is 555 g/mol. The van der Waals surface area contributed by atoms with E-state index in [2.05, 4.69) is 37.6 Å². The van der Waals surface area contributed by atoms with Gasteiger partial charge in [-0.1, -0.05) is 6.07 Å². The van der Waals surface area contributed by atoms with E-state index in [1.54, 1.807) is 33.2 Å². The van der Waals surface area contributed by atoms with Gasteiger partial charge in [-0.15, -0.1) is 24.0 Å². The average molecular weight is 555 g/mol. The van der Waals surface area contributed by atoms with Gasteiger partial charge in [0, 0.05) is 57.6 Å². The van der Waals surface area contributed by atoms with Crippen molar-refractivity contribution in [2.24, 2.45) is 4.99 Å². The molecule has 1 aliphatic rings. The van der Waals surface area contributed by atoms with Gasteiger partial charge in [-0.05, 0) is 48.9 Å². The van der Waals surface area contributed by atoms with Gasteiger partial charge in [0.05, 0.1) is 7.11 Å². The highest BCUT2D eigenvalue weighted by Crippen LogP contribution is 2.20. The minimum atomic E-state index is -0.375. The number of methoxy groups -OCH3 is 1. The fourth-order valence-electron chi connectivity index (χ4n) is 3.49. The van der Waals surface area contributed by atoms with Gasteiger partial charge in [-0.2, -0.15) is 0 Å². The normalized spacial score (nSPS) is 13.9. The lowest BCUT2D eigenvalue weighted by Crippen LogP contribution is -2.53. The van der Waals surface area contributed by atoms with Crippen LogP contribution >= 0.6 is 24.0 Å². The van der Waals surface area contributed by atoms with Crippen molar-refractivity contribution in [3.05, 3.63) is 59.4 Å². The predicted molar refractivity (Wildman–Crippen MR) is 137 cm³/mol. The molecule has 0 unspecified atom stereocenters. The van der Waals surface area contributed by atoms with Crippen LogP contribution in [0.1, 0.15) is 15.9 Å². The van der Waals surface area contributed by atoms with Crippen LogP contribution < -0.4 is 20.3 Å². The zero-order chi connectivity index (χ0) is 22.2. The van der Waals surface area contributed by atoms with Crippen molar-refractivity contribution in [2.75, 3.05) is 58.3 Å². The zero-order valence-corrected chi connectivity index (χ0v) is 21.1. The number of carbonyl (C=O) groups excluding carboxylic acids is 1. The highest BCUT2D eigenvalue weighted by molar-refractivity contribution is 14.0. The number of guanidine groups is 1. The Hall–Kier alpha value is -2.56. The summed E-state index contributed by atoms with van der Waals surface area (Å²) in [6.07, 6.45) is 0. The molecule has 9 heteroatoms. The number of amides is 1. The van der Waals surface area contributed by atoms with Crippen LogP contribution in [-0.4, -0.2) is 70.2 Å². The number of nitrogens with zero attached hydrogens (tertiary/aromatic N) is 3. The number of anilines is 1. The Balaban J connectivity index is 0.00000363. The number of piperazine rings is 1. The Morgan fingerprint density at radius 2 is 1.72 bits per heavy atom. The third-order valence-corrected chi connectivity index (χ3v) is 5.36. The first-order chi connectivity index (χ1) is 15.0. The highest BCUT2D eigenvalue weighted by atomic mass is 127. The van der Waals surface area contributed by atoms with Gasteiger partial charge in [0.25, 0.3) is 5.91 Å². The molecular weight excluding hydrogens is 524 g/mol. The van der Waals surface area contributed by atoms with Crippen molar-refractivity contribution in [3.63, 3.8) is 0 Å². The third-order valence-electron chi connectivity index (χ3n) is 5.36. The number of ether oxygens (including phenoxy) is 1. The summed E-state index contributed by atoms with van der Waals surface area (Å²) in [5.74, 6) is 1.00. The number of carbonyl (C=O) groups is 1. The summed E-state index contributed by atoms with van der Waals surface area (Å²) in [7, 11) is 3.42. The Kier molecular flexibility index (Phi) is 10.0. The van der Waals surface area contributed by atoms with Crippen molar-refractivity contribution < 1.29 is 13.9 Å². The van der Waals surface area contributed by atoms with Crippen molar-refractivity contribution in [1.82, 2.24) is 15.5 Å². The molecule has 1 aliphatic heterocycles. The van der Waals surface area contributed by atoms with Gasteiger partial charge in [-0.25, -0.2) is 4.39 Å². The van der Waals surface area contributed by atoms with Crippen molar-refractivity contribution in [1.29, 1.82) is 0 Å². The van der Waals surface area contributed by atoms with Crippen LogP contribution in [-0.2, 0) is 0 Å². The molecule has 32 heavy (non-hydrogen) atoms. The molecule has 2 aromatic carbocycles. The molecule has 1 fully saturated rings. The standard InChI is InChI=1S/C23H30FN5O2.HI/c1-17-4-5-18(16-21(17)24)22(30)26-10-11-27-23(25-2)29-14-12-28(13-15-29)19-6-8-20(31-3)9-7-19;/h4-9,16H,10-15H2,1-3H3,(H,25,27)(H,26,30);1H. The van der Waals surface area contributed by atoms with Crippen LogP contribution in [0, 0.1) is 12.7 Å². The van der Waals surface area contributed by atoms with Crippen LogP contribution in [0.15, 0.2) is 47.5 Å². The van der Waals surface area contributed by atoms with Gasteiger partial charge in [0.15, 0.2) is 5.96 Å². The van der Waals surface area contributed by atoms with Crippen molar-refractivity contribution in [3.8, 4) is 5.75 Å². The molecule has 174 valence electrons. The molecule has 1 amide bonds. The van der Waals surface area contributed by atoms with Crippen LogP contribution in [0.5, 0.6) is 5.75 Å². The van der Waals surface area contributed by atoms with Gasteiger partial charge < -0.3 is 25.2 Å². The smallest absolute Gasteiger partial charge is 0.251 e. The van der Waals surface area contributed by atoms with E-state index in [4.69, 9.17) is 4.74 Å². The molecule has 0 aliphatic carbocycles. The van der Waals surface area contributed by atoms with Gasteiger partial charge >= 0.3 is 0 Å². The van der Waals surface area contributed by atoms with E-state index in [1.165, 1.54) is 11.8 Å². The maximum Gasteiger partial charge on any atom is 0.251 e. The fourth-order valence-corrected chi connectivity index (χ4v) is 3.49. The SMILES string of the molecule is CN=C(NCCNC(=O)c1ccc(C)c(F)c1)N1CCN(c2ccc(OC)cc2)CC1.I. The Morgan fingerprint density at radius 3 is 2.31 bits per heavy atom. The lowest BCUT2D eigenvalue weighted by molar-refractivity contribution is 0.0953. The minimum absolute atomic E-state index is 0. The molecule has 7 nitrogen and oxygen atoms in total. The van der Waals surface area contributed by atoms with Crippen LogP contribution in [0.2, 0.25) is 0 Å². The fraction of sp³-hybridized carbons (Fsp3) is 0.391. The number of hydrogen-bond acceptors (Lipinski definition) is 4. The molecular formula is C23H31FIN5O2. The largest absolute Gasteiger partial charge is 0.497 e. The van der Waals surface area contributed by atoms with Gasteiger partial charge in [0.2, 0.25) is 0 Å². The molecule has 0 aromatic heterocycles. The van der Waals surface area contributed by atoms with Crippen molar-refractivity contribution in [2.45, 2.75) is 6.92 Å². The quantitative estimate of drug-likeness (QED) is 0.249. The lowest BCUT2D eigenvalue weighted by Gasteiger charge is -2.37. The van der Waals surface area contributed by atoms with Crippen LogP contribution in [0.3, 0.4) is 0 Å². The molecule has 2 N–H and O–H groups in total. The zero-order valence-electron chi connectivity index (χ0n) is 18.7. The maximum atomic E-state index is 13.6. The molecule has 0 spiro atoms. The van der Waals surface area contributed by atoms with Crippen LogP contribution in [0.25, 0.3) is 0 Å². The molecule has 3 rings (SSSR count). The van der Waals surface area contributed by atoms with E-state index >= 15 is 0 Å². The number of halogens is 2. The molecule has 0 saturated carbocycles. The summed E-state index contributed by atoms with van der Waals surface area (Å²) in [4.78, 5) is 21.1. The Morgan fingerprint density at radius 1 is 1.06 bits per heavy atom. The first-order valence-electron chi connectivity index (χ1n) is 10.4. The lowest BCUT2D eigenvalue weighted by atomic mass is 10.1. The van der Waals surface area contributed by atoms with Gasteiger partial charge in [0.1, 0.15) is 11.6 Å².